The molecule has 0 atom stereocenters. The molecule has 0 spiro atoms. The number of nitrogens with one attached hydrogen (secondary N) is 2. The van der Waals surface area contributed by atoms with Crippen molar-refractivity contribution in [3.05, 3.63) is 88.6 Å². The van der Waals surface area contributed by atoms with Crippen LogP contribution in [-0.4, -0.2) is 37.8 Å². The van der Waals surface area contributed by atoms with Crippen molar-refractivity contribution in [2.24, 2.45) is 0 Å². The minimum atomic E-state index is -3.99. The fraction of sp³-hybridized carbons (Fsp3) is 0.148. The summed E-state index contributed by atoms with van der Waals surface area (Å²) in [6, 6.07) is 17.3. The molecule has 0 aliphatic heterocycles. The molecule has 0 aliphatic carbocycles. The van der Waals surface area contributed by atoms with Crippen LogP contribution >= 0.6 is 11.6 Å². The summed E-state index contributed by atoms with van der Waals surface area (Å²) < 4.78 is 33.1. The Hall–Kier alpha value is -4.15. The van der Waals surface area contributed by atoms with Crippen LogP contribution in [0.1, 0.15) is 28.5 Å². The van der Waals surface area contributed by atoms with Gasteiger partial charge in [-0.1, -0.05) is 11.6 Å². The smallest absolute Gasteiger partial charge is 0.264 e. The maximum Gasteiger partial charge on any atom is 0.264 e. The van der Waals surface area contributed by atoms with Crippen molar-refractivity contribution in [2.75, 3.05) is 12.4 Å². The number of fused-ring (bicyclic) bond motifs is 1. The molecule has 0 bridgehead atoms. The number of hydrogen-bond acceptors (Lipinski definition) is 6. The highest BCUT2D eigenvalue weighted by atomic mass is 35.5. The lowest BCUT2D eigenvalue weighted by Gasteiger charge is -2.09. The monoisotopic (exact) mass is 553 g/mol. The molecule has 0 saturated heterocycles. The van der Waals surface area contributed by atoms with Crippen molar-refractivity contribution >= 4 is 55.9 Å². The fourth-order valence-electron chi connectivity index (χ4n) is 4.13. The third-order valence-corrected chi connectivity index (χ3v) is 7.60. The molecule has 196 valence electrons. The van der Waals surface area contributed by atoms with Gasteiger partial charge in [0.2, 0.25) is 11.8 Å². The summed E-state index contributed by atoms with van der Waals surface area (Å²) in [5, 5.41) is 3.95. The normalized spacial score (nSPS) is 11.3. The number of halogens is 1. The fourth-order valence-corrected chi connectivity index (χ4v) is 5.24. The molecule has 0 fully saturated rings. The van der Waals surface area contributed by atoms with Gasteiger partial charge in [-0.15, -0.1) is 0 Å². The number of sulfonamides is 1. The second-order valence-corrected chi connectivity index (χ2v) is 10.6. The van der Waals surface area contributed by atoms with Gasteiger partial charge in [-0.05, 0) is 79.2 Å². The van der Waals surface area contributed by atoms with E-state index in [1.165, 1.54) is 31.4 Å². The van der Waals surface area contributed by atoms with Crippen LogP contribution in [0.4, 0.5) is 5.69 Å². The molecule has 9 nitrogen and oxygen atoms in total. The van der Waals surface area contributed by atoms with Gasteiger partial charge in [0, 0.05) is 34.3 Å². The zero-order chi connectivity index (χ0) is 27.6. The number of hydrogen-bond donors (Lipinski definition) is 2. The summed E-state index contributed by atoms with van der Waals surface area (Å²) in [5.74, 6) is -0.766. The predicted molar refractivity (Wildman–Crippen MR) is 144 cm³/mol. The SMILES string of the molecule is COc1ccc2c(c1)c(CC(=O)Nc1ccc(S(=O)(=O)NC(C)=O)cc1)c(C)n2C(=O)c1ccc(Cl)cc1. The van der Waals surface area contributed by atoms with E-state index in [0.29, 0.717) is 44.2 Å². The lowest BCUT2D eigenvalue weighted by Crippen LogP contribution is -2.28. The van der Waals surface area contributed by atoms with Crippen LogP contribution in [0.3, 0.4) is 0 Å². The second-order valence-electron chi connectivity index (χ2n) is 8.51. The van der Waals surface area contributed by atoms with E-state index in [2.05, 4.69) is 5.32 Å². The van der Waals surface area contributed by atoms with Gasteiger partial charge >= 0.3 is 0 Å². The van der Waals surface area contributed by atoms with E-state index in [4.69, 9.17) is 16.3 Å². The Balaban J connectivity index is 1.64. The number of rotatable bonds is 7. The largest absolute Gasteiger partial charge is 0.497 e. The zero-order valence-corrected chi connectivity index (χ0v) is 22.3. The Bertz CT molecular complexity index is 1660. The quantitative estimate of drug-likeness (QED) is 0.351. The summed E-state index contributed by atoms with van der Waals surface area (Å²) >= 11 is 5.98. The molecule has 2 amide bonds. The van der Waals surface area contributed by atoms with Crippen LogP contribution in [0.15, 0.2) is 71.6 Å². The van der Waals surface area contributed by atoms with Crippen molar-refractivity contribution < 1.29 is 27.5 Å². The van der Waals surface area contributed by atoms with Crippen LogP contribution in [0, 0.1) is 6.92 Å². The molecule has 11 heteroatoms. The van der Waals surface area contributed by atoms with Gasteiger partial charge in [0.05, 0.1) is 23.9 Å². The van der Waals surface area contributed by atoms with Gasteiger partial charge in [0.25, 0.3) is 15.9 Å². The highest BCUT2D eigenvalue weighted by molar-refractivity contribution is 7.90. The summed E-state index contributed by atoms with van der Waals surface area (Å²) in [7, 11) is -2.45. The van der Waals surface area contributed by atoms with E-state index < -0.39 is 15.9 Å². The number of nitrogens with zero attached hydrogens (tertiary/aromatic N) is 1. The number of methoxy groups -OCH3 is 1. The van der Waals surface area contributed by atoms with E-state index >= 15 is 0 Å². The number of amides is 2. The van der Waals surface area contributed by atoms with Crippen LogP contribution < -0.4 is 14.8 Å². The second kappa shape index (κ2) is 10.7. The summed E-state index contributed by atoms with van der Waals surface area (Å²) in [4.78, 5) is 37.5. The van der Waals surface area contributed by atoms with Crippen LogP contribution in [0.25, 0.3) is 10.9 Å². The van der Waals surface area contributed by atoms with Crippen molar-refractivity contribution in [3.8, 4) is 5.75 Å². The van der Waals surface area contributed by atoms with E-state index in [9.17, 15) is 22.8 Å². The number of ether oxygens (including phenoxy) is 1. The maximum atomic E-state index is 13.4. The molecule has 4 rings (SSSR count). The molecule has 1 aromatic heterocycles. The van der Waals surface area contributed by atoms with E-state index in [0.717, 1.165) is 6.92 Å². The minimum absolute atomic E-state index is 0.0532. The standard InChI is InChI=1S/C27H24ClN3O6S/c1-16-23(15-26(33)29-20-8-11-22(12-9-20)38(35,36)30-17(2)32)24-14-21(37-3)10-13-25(24)31(16)27(34)18-4-6-19(28)7-5-18/h4-14H,15H2,1-3H3,(H,29,33)(H,30,32). The lowest BCUT2D eigenvalue weighted by molar-refractivity contribution is -0.117. The molecule has 3 aromatic carbocycles. The van der Waals surface area contributed by atoms with Crippen LogP contribution in [0.5, 0.6) is 5.75 Å². The summed E-state index contributed by atoms with van der Waals surface area (Å²) in [5.41, 5.74) is 2.67. The van der Waals surface area contributed by atoms with E-state index in [1.807, 2.05) is 4.72 Å². The molecule has 0 radical (unpaired) electrons. The average molecular weight is 554 g/mol. The van der Waals surface area contributed by atoms with Gasteiger partial charge < -0.3 is 10.1 Å². The predicted octanol–water partition coefficient (Wildman–Crippen LogP) is 4.31. The molecule has 4 aromatic rings. The van der Waals surface area contributed by atoms with E-state index in [-0.39, 0.29) is 23.1 Å². The first-order valence-electron chi connectivity index (χ1n) is 11.4. The van der Waals surface area contributed by atoms with Crippen molar-refractivity contribution in [3.63, 3.8) is 0 Å². The highest BCUT2D eigenvalue weighted by Crippen LogP contribution is 2.31. The van der Waals surface area contributed by atoms with Gasteiger partial charge in [0.15, 0.2) is 0 Å². The Labute approximate surface area is 224 Å². The Morgan fingerprint density at radius 1 is 0.974 bits per heavy atom. The van der Waals surface area contributed by atoms with E-state index in [1.54, 1.807) is 54.0 Å². The minimum Gasteiger partial charge on any atom is -0.497 e. The lowest BCUT2D eigenvalue weighted by atomic mass is 10.1. The third kappa shape index (κ3) is 5.56. The number of aromatic nitrogens is 1. The molecular formula is C27H24ClN3O6S. The average Bonchev–Trinajstić information content (AvgIpc) is 3.13. The van der Waals surface area contributed by atoms with Gasteiger partial charge in [0.1, 0.15) is 5.75 Å². The van der Waals surface area contributed by atoms with Gasteiger partial charge in [-0.2, -0.15) is 0 Å². The maximum absolute atomic E-state index is 13.4. The Morgan fingerprint density at radius 3 is 2.24 bits per heavy atom. The first-order valence-corrected chi connectivity index (χ1v) is 13.3. The van der Waals surface area contributed by atoms with Crippen molar-refractivity contribution in [2.45, 2.75) is 25.2 Å². The number of anilines is 1. The Kier molecular flexibility index (Phi) is 7.56. The number of carbonyl (C=O) groups is 3. The topological polar surface area (TPSA) is 124 Å². The van der Waals surface area contributed by atoms with Crippen molar-refractivity contribution in [1.29, 1.82) is 0 Å². The molecule has 0 saturated carbocycles. The van der Waals surface area contributed by atoms with Crippen LogP contribution in [-0.2, 0) is 26.0 Å². The third-order valence-electron chi connectivity index (χ3n) is 5.90. The first kappa shape index (κ1) is 26.9. The molecule has 2 N–H and O–H groups in total. The molecule has 38 heavy (non-hydrogen) atoms. The summed E-state index contributed by atoms with van der Waals surface area (Å²) in [6.07, 6.45) is -0.0532. The molecule has 1 heterocycles. The summed E-state index contributed by atoms with van der Waals surface area (Å²) in [6.45, 7) is 2.87. The molecule has 0 unspecified atom stereocenters. The van der Waals surface area contributed by atoms with Crippen LogP contribution in [0.2, 0.25) is 5.02 Å². The zero-order valence-electron chi connectivity index (χ0n) is 20.7. The number of carbonyl (C=O) groups excluding carboxylic acids is 3. The molecular weight excluding hydrogens is 530 g/mol. The first-order chi connectivity index (χ1) is 18.0. The molecule has 0 aliphatic rings. The van der Waals surface area contributed by atoms with Gasteiger partial charge in [-0.25, -0.2) is 13.1 Å². The Morgan fingerprint density at radius 2 is 1.63 bits per heavy atom. The van der Waals surface area contributed by atoms with Gasteiger partial charge in [-0.3, -0.25) is 19.0 Å². The van der Waals surface area contributed by atoms with Crippen molar-refractivity contribution in [1.82, 2.24) is 9.29 Å². The number of benzene rings is 3. The highest BCUT2D eigenvalue weighted by Gasteiger charge is 2.22.